The number of hydrogen-bond donors (Lipinski definition) is 0. The van der Waals surface area contributed by atoms with Crippen molar-refractivity contribution in [2.75, 3.05) is 44.2 Å². The van der Waals surface area contributed by atoms with Crippen LogP contribution < -0.4 is 9.64 Å². The first-order valence-electron chi connectivity index (χ1n) is 11.6. The first kappa shape index (κ1) is 21.5. The third-order valence-electron chi connectivity index (χ3n) is 6.41. The van der Waals surface area contributed by atoms with Gasteiger partial charge < -0.3 is 18.9 Å². The van der Waals surface area contributed by atoms with E-state index in [-0.39, 0.29) is 24.2 Å². The van der Waals surface area contributed by atoms with Crippen molar-refractivity contribution in [3.05, 3.63) is 60.6 Å². The number of amides is 2. The Hall–Kier alpha value is -3.39. The van der Waals surface area contributed by atoms with Gasteiger partial charge in [0.15, 0.2) is 0 Å². The van der Waals surface area contributed by atoms with E-state index in [1.54, 1.807) is 4.90 Å². The van der Waals surface area contributed by atoms with Crippen LogP contribution in [0, 0.1) is 5.92 Å². The van der Waals surface area contributed by atoms with Gasteiger partial charge in [-0.1, -0.05) is 18.2 Å². The lowest BCUT2D eigenvalue weighted by atomic mass is 10.1. The largest absolute Gasteiger partial charge is 0.492 e. The lowest BCUT2D eigenvalue weighted by Crippen LogP contribution is -2.50. The van der Waals surface area contributed by atoms with Gasteiger partial charge in [0.05, 0.1) is 23.9 Å². The third kappa shape index (κ3) is 4.43. The number of hydrogen-bond acceptors (Lipinski definition) is 5. The predicted molar refractivity (Wildman–Crippen MR) is 125 cm³/mol. The van der Waals surface area contributed by atoms with Gasteiger partial charge in [-0.3, -0.25) is 14.5 Å². The zero-order valence-electron chi connectivity index (χ0n) is 18.9. The lowest BCUT2D eigenvalue weighted by Gasteiger charge is -2.35. The Bertz CT molecular complexity index is 1120. The van der Waals surface area contributed by atoms with E-state index in [2.05, 4.69) is 16.1 Å². The molecule has 0 bridgehead atoms. The quantitative estimate of drug-likeness (QED) is 0.581. The van der Waals surface area contributed by atoms with Gasteiger partial charge in [-0.05, 0) is 31.2 Å². The monoisotopic (exact) mass is 447 g/mol. The van der Waals surface area contributed by atoms with Crippen molar-refractivity contribution in [3.63, 3.8) is 0 Å². The Balaban J connectivity index is 1.18. The van der Waals surface area contributed by atoms with E-state index >= 15 is 0 Å². The number of anilines is 1. The van der Waals surface area contributed by atoms with E-state index in [0.29, 0.717) is 32.0 Å². The molecule has 8 nitrogen and oxygen atoms in total. The summed E-state index contributed by atoms with van der Waals surface area (Å²) in [5.74, 6) is 0.428. The molecule has 2 aliphatic rings. The SMILES string of the molecule is CCOc1ccccc1N1CC(C(=O)N2CCN(Cc3cn4ccccc4n3)CC2)CC1=O. The second-order valence-corrected chi connectivity index (χ2v) is 8.61. The van der Waals surface area contributed by atoms with Crippen LogP contribution in [0.5, 0.6) is 5.75 Å². The lowest BCUT2D eigenvalue weighted by molar-refractivity contribution is -0.137. The molecule has 2 aromatic heterocycles. The highest BCUT2D eigenvalue weighted by atomic mass is 16.5. The Morgan fingerprint density at radius 2 is 1.88 bits per heavy atom. The molecular formula is C25H29N5O3. The van der Waals surface area contributed by atoms with Crippen LogP contribution in [0.25, 0.3) is 5.65 Å². The minimum absolute atomic E-state index is 0.0222. The number of pyridine rings is 1. The van der Waals surface area contributed by atoms with Gasteiger partial charge in [-0.15, -0.1) is 0 Å². The number of nitrogens with zero attached hydrogens (tertiary/aromatic N) is 5. The van der Waals surface area contributed by atoms with Crippen molar-refractivity contribution in [2.45, 2.75) is 19.9 Å². The van der Waals surface area contributed by atoms with Crippen molar-refractivity contribution < 1.29 is 14.3 Å². The van der Waals surface area contributed by atoms with E-state index in [9.17, 15) is 9.59 Å². The number of para-hydroxylation sites is 2. The van der Waals surface area contributed by atoms with Crippen LogP contribution >= 0.6 is 0 Å². The number of carbonyl (C=O) groups excluding carboxylic acids is 2. The molecule has 2 saturated heterocycles. The van der Waals surface area contributed by atoms with Gasteiger partial charge in [0.2, 0.25) is 11.8 Å². The summed E-state index contributed by atoms with van der Waals surface area (Å²) in [6, 6.07) is 13.5. The summed E-state index contributed by atoms with van der Waals surface area (Å²) < 4.78 is 7.72. The Kier molecular flexibility index (Phi) is 6.00. The van der Waals surface area contributed by atoms with Gasteiger partial charge in [0, 0.05) is 58.1 Å². The van der Waals surface area contributed by atoms with Gasteiger partial charge in [0.1, 0.15) is 11.4 Å². The molecule has 5 rings (SSSR count). The van der Waals surface area contributed by atoms with E-state index in [1.165, 1.54) is 0 Å². The van der Waals surface area contributed by atoms with Gasteiger partial charge in [-0.25, -0.2) is 4.98 Å². The number of imidazole rings is 1. The Morgan fingerprint density at radius 1 is 1.09 bits per heavy atom. The molecule has 4 heterocycles. The van der Waals surface area contributed by atoms with Crippen LogP contribution in [-0.2, 0) is 16.1 Å². The van der Waals surface area contributed by atoms with Crippen molar-refractivity contribution in [1.82, 2.24) is 19.2 Å². The molecule has 2 aliphatic heterocycles. The minimum Gasteiger partial charge on any atom is -0.492 e. The van der Waals surface area contributed by atoms with Crippen molar-refractivity contribution >= 4 is 23.1 Å². The molecule has 3 aromatic rings. The molecule has 0 N–H and O–H groups in total. The fraction of sp³-hybridized carbons (Fsp3) is 0.400. The fourth-order valence-corrected chi connectivity index (χ4v) is 4.74. The summed E-state index contributed by atoms with van der Waals surface area (Å²) in [6.45, 7) is 6.58. The molecule has 1 unspecified atom stereocenters. The number of aromatic nitrogens is 2. The standard InChI is InChI=1S/C25H29N5O3/c1-2-33-22-8-4-3-7-21(22)30-16-19(15-24(30)31)25(32)28-13-11-27(12-14-28)17-20-18-29-10-6-5-9-23(29)26-20/h3-10,18-19H,2,11-17H2,1H3. The molecule has 0 saturated carbocycles. The Labute approximate surface area is 193 Å². The highest BCUT2D eigenvalue weighted by Gasteiger charge is 2.38. The maximum Gasteiger partial charge on any atom is 0.228 e. The second kappa shape index (κ2) is 9.23. The van der Waals surface area contributed by atoms with Gasteiger partial charge in [-0.2, -0.15) is 0 Å². The van der Waals surface area contributed by atoms with E-state index in [0.717, 1.165) is 36.7 Å². The molecule has 2 amide bonds. The topological polar surface area (TPSA) is 70.4 Å². The molecule has 8 heteroatoms. The average Bonchev–Trinajstić information content (AvgIpc) is 3.42. The highest BCUT2D eigenvalue weighted by molar-refractivity contribution is 6.01. The molecule has 33 heavy (non-hydrogen) atoms. The maximum absolute atomic E-state index is 13.2. The van der Waals surface area contributed by atoms with E-state index in [4.69, 9.17) is 4.74 Å². The van der Waals surface area contributed by atoms with Crippen molar-refractivity contribution in [2.24, 2.45) is 5.92 Å². The van der Waals surface area contributed by atoms with E-state index in [1.807, 2.05) is 64.9 Å². The summed E-state index contributed by atoms with van der Waals surface area (Å²) in [7, 11) is 0. The minimum atomic E-state index is -0.308. The summed E-state index contributed by atoms with van der Waals surface area (Å²) in [5.41, 5.74) is 2.73. The number of rotatable bonds is 6. The maximum atomic E-state index is 13.2. The first-order valence-corrected chi connectivity index (χ1v) is 11.6. The van der Waals surface area contributed by atoms with Gasteiger partial charge in [0.25, 0.3) is 0 Å². The zero-order valence-corrected chi connectivity index (χ0v) is 18.9. The first-order chi connectivity index (χ1) is 16.1. The third-order valence-corrected chi connectivity index (χ3v) is 6.41. The fourth-order valence-electron chi connectivity index (χ4n) is 4.74. The summed E-state index contributed by atoms with van der Waals surface area (Å²) in [4.78, 5) is 36.6. The second-order valence-electron chi connectivity index (χ2n) is 8.61. The van der Waals surface area contributed by atoms with Crippen LogP contribution in [0.3, 0.4) is 0 Å². The molecule has 0 spiro atoms. The van der Waals surface area contributed by atoms with Crippen LogP contribution in [0.15, 0.2) is 54.9 Å². The molecule has 0 aliphatic carbocycles. The summed E-state index contributed by atoms with van der Waals surface area (Å²) in [5, 5.41) is 0. The number of ether oxygens (including phenoxy) is 1. The summed E-state index contributed by atoms with van der Waals surface area (Å²) >= 11 is 0. The molecule has 172 valence electrons. The smallest absolute Gasteiger partial charge is 0.228 e. The molecule has 0 radical (unpaired) electrons. The Morgan fingerprint density at radius 3 is 2.67 bits per heavy atom. The average molecular weight is 448 g/mol. The number of fused-ring (bicyclic) bond motifs is 1. The number of benzene rings is 1. The highest BCUT2D eigenvalue weighted by Crippen LogP contribution is 2.33. The normalized spacial score (nSPS) is 19.4. The van der Waals surface area contributed by atoms with Crippen LogP contribution in [-0.4, -0.2) is 70.3 Å². The summed E-state index contributed by atoms with van der Waals surface area (Å²) in [6.07, 6.45) is 4.31. The van der Waals surface area contributed by atoms with Crippen molar-refractivity contribution in [3.8, 4) is 5.75 Å². The van der Waals surface area contributed by atoms with Gasteiger partial charge >= 0.3 is 0 Å². The molecule has 1 aromatic carbocycles. The van der Waals surface area contributed by atoms with Crippen LogP contribution in [0.1, 0.15) is 19.0 Å². The number of carbonyl (C=O) groups is 2. The predicted octanol–water partition coefficient (Wildman–Crippen LogP) is 2.43. The van der Waals surface area contributed by atoms with E-state index < -0.39 is 0 Å². The molecule has 2 fully saturated rings. The molecule has 1 atom stereocenters. The number of piperazine rings is 1. The van der Waals surface area contributed by atoms with Crippen LogP contribution in [0.2, 0.25) is 0 Å². The van der Waals surface area contributed by atoms with Crippen molar-refractivity contribution in [1.29, 1.82) is 0 Å². The zero-order chi connectivity index (χ0) is 22.8. The van der Waals surface area contributed by atoms with Crippen LogP contribution in [0.4, 0.5) is 5.69 Å². The molecular weight excluding hydrogens is 418 g/mol.